The van der Waals surface area contributed by atoms with Crippen molar-refractivity contribution in [2.24, 2.45) is 0 Å². The minimum absolute atomic E-state index is 0.220. The molecule has 0 N–H and O–H groups in total. The Balaban J connectivity index is 1.89. The van der Waals surface area contributed by atoms with Gasteiger partial charge in [-0.3, -0.25) is 0 Å². The summed E-state index contributed by atoms with van der Waals surface area (Å²) in [5.74, 6) is 0.766. The van der Waals surface area contributed by atoms with E-state index in [1.54, 1.807) is 20.1 Å². The quantitative estimate of drug-likeness (QED) is 0.586. The molecule has 0 unspecified atom stereocenters. The summed E-state index contributed by atoms with van der Waals surface area (Å²) in [5, 5.41) is 5.70. The average Bonchev–Trinajstić information content (AvgIpc) is 3.26. The van der Waals surface area contributed by atoms with Crippen LogP contribution < -0.4 is 4.74 Å². The fraction of sp³-hybridized carbons (Fsp3) is 0.278. The molecule has 2 aromatic heterocycles. The number of ether oxygens (including phenoxy) is 1. The van der Waals surface area contributed by atoms with Crippen LogP contribution in [0, 0.1) is 6.92 Å². The van der Waals surface area contributed by atoms with Crippen LogP contribution in [-0.4, -0.2) is 25.0 Å². The van der Waals surface area contributed by atoms with Gasteiger partial charge in [0, 0.05) is 29.6 Å². The third-order valence-corrected chi connectivity index (χ3v) is 6.40. The van der Waals surface area contributed by atoms with Crippen molar-refractivity contribution in [3.05, 3.63) is 69.7 Å². The molecule has 3 rings (SSSR count). The minimum atomic E-state index is -3.61. The lowest BCUT2D eigenvalue weighted by molar-refractivity contribution is 0.366. The molecule has 138 valence electrons. The van der Waals surface area contributed by atoms with E-state index in [4.69, 9.17) is 9.26 Å². The Morgan fingerprint density at radius 3 is 2.65 bits per heavy atom. The maximum atomic E-state index is 13.0. The summed E-state index contributed by atoms with van der Waals surface area (Å²) in [6, 6.07) is 12.9. The van der Waals surface area contributed by atoms with Gasteiger partial charge < -0.3 is 9.26 Å². The molecule has 0 aliphatic carbocycles. The van der Waals surface area contributed by atoms with Gasteiger partial charge in [-0.25, -0.2) is 8.42 Å². The number of aryl methyl sites for hydroxylation is 1. The number of hydrogen-bond donors (Lipinski definition) is 0. The lowest BCUT2D eigenvalue weighted by Gasteiger charge is -2.22. The van der Waals surface area contributed by atoms with Crippen molar-refractivity contribution >= 4 is 21.4 Å². The monoisotopic (exact) mass is 392 g/mol. The SMILES string of the molecule is COc1ccccc1CN(Cc1cccs1)S(=O)(=O)Cc1cc(C)no1. The van der Waals surface area contributed by atoms with E-state index >= 15 is 0 Å². The number of benzene rings is 1. The van der Waals surface area contributed by atoms with Crippen LogP contribution in [0.15, 0.2) is 52.4 Å². The Bertz CT molecular complexity index is 949. The van der Waals surface area contributed by atoms with E-state index in [1.807, 2.05) is 41.8 Å². The second-order valence-corrected chi connectivity index (χ2v) is 8.85. The number of aromatic nitrogens is 1. The van der Waals surface area contributed by atoms with Crippen molar-refractivity contribution in [3.8, 4) is 5.75 Å². The Labute approximate surface area is 157 Å². The second kappa shape index (κ2) is 8.03. The molecule has 0 amide bonds. The molecule has 0 saturated carbocycles. The molecular weight excluding hydrogens is 372 g/mol. The normalized spacial score (nSPS) is 11.8. The number of hydrogen-bond acceptors (Lipinski definition) is 6. The summed E-state index contributed by atoms with van der Waals surface area (Å²) in [6.07, 6.45) is 0. The molecule has 0 bridgehead atoms. The highest BCUT2D eigenvalue weighted by Gasteiger charge is 2.26. The Kier molecular flexibility index (Phi) is 5.75. The molecule has 0 fully saturated rings. The zero-order chi connectivity index (χ0) is 18.6. The molecule has 0 aliphatic heterocycles. The third-order valence-electron chi connectivity index (χ3n) is 3.85. The number of nitrogens with zero attached hydrogens (tertiary/aromatic N) is 2. The summed E-state index contributed by atoms with van der Waals surface area (Å²) in [5.41, 5.74) is 1.47. The standard InChI is InChI=1S/C18H20N2O4S2/c1-14-10-16(24-19-14)13-26(21,22)20(12-17-7-5-9-25-17)11-15-6-3-4-8-18(15)23-2/h3-10H,11-13H2,1-2H3. The first kappa shape index (κ1) is 18.6. The zero-order valence-corrected chi connectivity index (χ0v) is 16.2. The molecule has 3 aromatic rings. The first-order valence-corrected chi connectivity index (χ1v) is 10.5. The number of para-hydroxylation sites is 1. The van der Waals surface area contributed by atoms with E-state index in [-0.39, 0.29) is 12.3 Å². The summed E-state index contributed by atoms with van der Waals surface area (Å²) in [7, 11) is -2.03. The van der Waals surface area contributed by atoms with Gasteiger partial charge in [-0.15, -0.1) is 11.3 Å². The molecule has 0 radical (unpaired) electrons. The van der Waals surface area contributed by atoms with Crippen LogP contribution >= 0.6 is 11.3 Å². The van der Waals surface area contributed by atoms with Gasteiger partial charge in [0.25, 0.3) is 0 Å². The summed E-state index contributed by atoms with van der Waals surface area (Å²) in [6.45, 7) is 2.28. The summed E-state index contributed by atoms with van der Waals surface area (Å²) in [4.78, 5) is 0.970. The first-order chi connectivity index (χ1) is 12.5. The maximum Gasteiger partial charge on any atom is 0.222 e. The number of methoxy groups -OCH3 is 1. The van der Waals surface area contributed by atoms with Gasteiger partial charge in [-0.1, -0.05) is 29.4 Å². The van der Waals surface area contributed by atoms with E-state index in [1.165, 1.54) is 15.6 Å². The molecule has 2 heterocycles. The van der Waals surface area contributed by atoms with Crippen LogP contribution in [-0.2, 0) is 28.9 Å². The average molecular weight is 393 g/mol. The van der Waals surface area contributed by atoms with Gasteiger partial charge in [0.1, 0.15) is 11.5 Å². The molecule has 0 saturated heterocycles. The van der Waals surface area contributed by atoms with Crippen molar-refractivity contribution in [1.29, 1.82) is 0 Å². The highest BCUT2D eigenvalue weighted by molar-refractivity contribution is 7.88. The molecule has 6 nitrogen and oxygen atoms in total. The smallest absolute Gasteiger partial charge is 0.222 e. The van der Waals surface area contributed by atoms with Crippen LogP contribution in [0.2, 0.25) is 0 Å². The lowest BCUT2D eigenvalue weighted by Crippen LogP contribution is -2.31. The highest BCUT2D eigenvalue weighted by Crippen LogP contribution is 2.25. The van der Waals surface area contributed by atoms with Gasteiger partial charge in [0.05, 0.1) is 12.8 Å². The van der Waals surface area contributed by atoms with Crippen molar-refractivity contribution in [3.63, 3.8) is 0 Å². The largest absolute Gasteiger partial charge is 0.496 e. The van der Waals surface area contributed by atoms with Crippen LogP contribution in [0.3, 0.4) is 0 Å². The number of rotatable bonds is 8. The number of sulfonamides is 1. The van der Waals surface area contributed by atoms with Crippen molar-refractivity contribution in [2.75, 3.05) is 7.11 Å². The number of thiophene rings is 1. The highest BCUT2D eigenvalue weighted by atomic mass is 32.2. The van der Waals surface area contributed by atoms with E-state index in [2.05, 4.69) is 5.16 Å². The summed E-state index contributed by atoms with van der Waals surface area (Å²) >= 11 is 1.53. The predicted octanol–water partition coefficient (Wildman–Crippen LogP) is 3.59. The lowest BCUT2D eigenvalue weighted by atomic mass is 10.2. The molecule has 0 spiro atoms. The van der Waals surface area contributed by atoms with Gasteiger partial charge in [-0.05, 0) is 24.4 Å². The van der Waals surface area contributed by atoms with Crippen LogP contribution in [0.5, 0.6) is 5.75 Å². The van der Waals surface area contributed by atoms with E-state index in [0.29, 0.717) is 23.7 Å². The summed E-state index contributed by atoms with van der Waals surface area (Å²) < 4.78 is 38.0. The fourth-order valence-corrected chi connectivity index (χ4v) is 4.76. The molecular formula is C18H20N2O4S2. The van der Waals surface area contributed by atoms with Crippen LogP contribution in [0.4, 0.5) is 0 Å². The first-order valence-electron chi connectivity index (χ1n) is 8.02. The molecule has 26 heavy (non-hydrogen) atoms. The topological polar surface area (TPSA) is 72.6 Å². The van der Waals surface area contributed by atoms with Crippen molar-refractivity contribution in [2.45, 2.75) is 25.8 Å². The zero-order valence-electron chi connectivity index (χ0n) is 14.6. The van der Waals surface area contributed by atoms with E-state index in [9.17, 15) is 8.42 Å². The van der Waals surface area contributed by atoms with Gasteiger partial charge in [0.15, 0.2) is 5.76 Å². The Morgan fingerprint density at radius 1 is 1.19 bits per heavy atom. The van der Waals surface area contributed by atoms with Crippen LogP contribution in [0.25, 0.3) is 0 Å². The second-order valence-electron chi connectivity index (χ2n) is 5.85. The van der Waals surface area contributed by atoms with Crippen molar-refractivity contribution in [1.82, 2.24) is 9.46 Å². The minimum Gasteiger partial charge on any atom is -0.496 e. The van der Waals surface area contributed by atoms with Crippen LogP contribution in [0.1, 0.15) is 21.9 Å². The van der Waals surface area contributed by atoms with Gasteiger partial charge in [-0.2, -0.15) is 4.31 Å². The van der Waals surface area contributed by atoms with Gasteiger partial charge >= 0.3 is 0 Å². The van der Waals surface area contributed by atoms with Gasteiger partial charge in [0.2, 0.25) is 10.0 Å². The fourth-order valence-electron chi connectivity index (χ4n) is 2.61. The third kappa shape index (κ3) is 4.51. The molecule has 0 atom stereocenters. The maximum absolute atomic E-state index is 13.0. The molecule has 8 heteroatoms. The van der Waals surface area contributed by atoms with E-state index in [0.717, 1.165) is 10.4 Å². The predicted molar refractivity (Wildman–Crippen MR) is 100 cm³/mol. The molecule has 1 aromatic carbocycles. The Hall–Kier alpha value is -2.16. The van der Waals surface area contributed by atoms with E-state index < -0.39 is 10.0 Å². The van der Waals surface area contributed by atoms with Crippen molar-refractivity contribution < 1.29 is 17.7 Å². The molecule has 0 aliphatic rings. The Morgan fingerprint density at radius 2 is 2.00 bits per heavy atom.